The third-order valence-corrected chi connectivity index (χ3v) is 4.42. The number of rotatable bonds is 7. The van der Waals surface area contributed by atoms with E-state index in [1.54, 1.807) is 19.2 Å². The topological polar surface area (TPSA) is 41.5 Å². The maximum absolute atomic E-state index is 9.93. The Labute approximate surface area is 122 Å². The van der Waals surface area contributed by atoms with Crippen LogP contribution in [0.5, 0.6) is 11.5 Å². The number of nitrogens with one attached hydrogen (secondary N) is 1. The Morgan fingerprint density at radius 2 is 2.10 bits per heavy atom. The van der Waals surface area contributed by atoms with Gasteiger partial charge >= 0.3 is 0 Å². The summed E-state index contributed by atoms with van der Waals surface area (Å²) in [4.78, 5) is 0. The summed E-state index contributed by atoms with van der Waals surface area (Å²) < 4.78 is 5.21. The summed E-state index contributed by atoms with van der Waals surface area (Å²) in [5, 5.41) is 13.4. The maximum atomic E-state index is 9.93. The normalized spacial score (nSPS) is 17.3. The van der Waals surface area contributed by atoms with Crippen molar-refractivity contribution in [2.24, 2.45) is 5.92 Å². The van der Waals surface area contributed by atoms with E-state index in [0.717, 1.165) is 23.8 Å². The van der Waals surface area contributed by atoms with Gasteiger partial charge in [-0.25, -0.2) is 0 Å². The molecule has 0 amide bonds. The van der Waals surface area contributed by atoms with E-state index in [9.17, 15) is 5.11 Å². The largest absolute Gasteiger partial charge is 0.508 e. The van der Waals surface area contributed by atoms with E-state index in [4.69, 9.17) is 4.74 Å². The number of aromatic hydroxyl groups is 1. The molecule has 1 aliphatic rings. The summed E-state index contributed by atoms with van der Waals surface area (Å²) in [6.07, 6.45) is 8.25. The molecule has 3 nitrogen and oxygen atoms in total. The van der Waals surface area contributed by atoms with Crippen LogP contribution in [0.4, 0.5) is 0 Å². The number of phenolic OH excluding ortho intramolecular Hbond substituents is 1. The lowest BCUT2D eigenvalue weighted by Crippen LogP contribution is -2.20. The molecule has 20 heavy (non-hydrogen) atoms. The molecule has 0 heterocycles. The monoisotopic (exact) mass is 277 g/mol. The summed E-state index contributed by atoms with van der Waals surface area (Å²) in [7, 11) is 1.65. The average Bonchev–Trinajstić information content (AvgIpc) is 2.97. The minimum absolute atomic E-state index is 0.147. The standard InChI is InChI=1S/C17H27NO2/c1-13(16-12-15(20-2)9-10-17(16)19)18-11-5-8-14-6-3-4-7-14/h9-10,12-14,18-19H,3-8,11H2,1-2H3. The van der Waals surface area contributed by atoms with Gasteiger partial charge in [0, 0.05) is 11.6 Å². The lowest BCUT2D eigenvalue weighted by molar-refractivity contribution is 0.406. The Bertz CT molecular complexity index is 413. The second kappa shape index (κ2) is 7.53. The number of methoxy groups -OCH3 is 1. The molecule has 1 aliphatic carbocycles. The SMILES string of the molecule is COc1ccc(O)c(C(C)NCCCC2CCCC2)c1. The zero-order chi connectivity index (χ0) is 14.4. The Balaban J connectivity index is 1.77. The van der Waals surface area contributed by atoms with Crippen LogP contribution < -0.4 is 10.1 Å². The summed E-state index contributed by atoms with van der Waals surface area (Å²) in [5.41, 5.74) is 0.908. The Hall–Kier alpha value is -1.22. The molecular formula is C17H27NO2. The third-order valence-electron chi connectivity index (χ3n) is 4.42. The number of hydrogen-bond acceptors (Lipinski definition) is 3. The minimum Gasteiger partial charge on any atom is -0.508 e. The molecule has 1 fully saturated rings. The number of benzene rings is 1. The van der Waals surface area contributed by atoms with Crippen molar-refractivity contribution in [2.75, 3.05) is 13.7 Å². The molecule has 1 unspecified atom stereocenters. The van der Waals surface area contributed by atoms with Crippen molar-refractivity contribution in [1.29, 1.82) is 0 Å². The van der Waals surface area contributed by atoms with Gasteiger partial charge in [0.05, 0.1) is 7.11 Å². The molecule has 0 saturated heterocycles. The highest BCUT2D eigenvalue weighted by atomic mass is 16.5. The molecule has 0 aromatic heterocycles. The first kappa shape index (κ1) is 15.2. The molecule has 1 atom stereocenters. The fraction of sp³-hybridized carbons (Fsp3) is 0.647. The van der Waals surface area contributed by atoms with Crippen LogP contribution in [0, 0.1) is 5.92 Å². The highest BCUT2D eigenvalue weighted by molar-refractivity contribution is 5.41. The van der Waals surface area contributed by atoms with Gasteiger partial charge in [0.2, 0.25) is 0 Å². The minimum atomic E-state index is 0.147. The van der Waals surface area contributed by atoms with Crippen molar-refractivity contribution in [2.45, 2.75) is 51.5 Å². The van der Waals surface area contributed by atoms with Gasteiger partial charge in [-0.15, -0.1) is 0 Å². The molecule has 3 heteroatoms. The highest BCUT2D eigenvalue weighted by Gasteiger charge is 2.15. The lowest BCUT2D eigenvalue weighted by atomic mass is 10.0. The van der Waals surface area contributed by atoms with E-state index in [0.29, 0.717) is 5.75 Å². The highest BCUT2D eigenvalue weighted by Crippen LogP contribution is 2.29. The van der Waals surface area contributed by atoms with Crippen LogP contribution in [-0.2, 0) is 0 Å². The van der Waals surface area contributed by atoms with E-state index in [-0.39, 0.29) is 6.04 Å². The predicted octanol–water partition coefficient (Wildman–Crippen LogP) is 4.02. The van der Waals surface area contributed by atoms with E-state index >= 15 is 0 Å². The molecule has 112 valence electrons. The van der Waals surface area contributed by atoms with Gasteiger partial charge in [-0.1, -0.05) is 25.7 Å². The smallest absolute Gasteiger partial charge is 0.120 e. The Morgan fingerprint density at radius 1 is 1.35 bits per heavy atom. The van der Waals surface area contributed by atoms with E-state index in [1.165, 1.54) is 38.5 Å². The Kier molecular flexibility index (Phi) is 5.72. The summed E-state index contributed by atoms with van der Waals surface area (Å²) >= 11 is 0. The van der Waals surface area contributed by atoms with Crippen LogP contribution in [0.15, 0.2) is 18.2 Å². The average molecular weight is 277 g/mol. The molecule has 2 rings (SSSR count). The van der Waals surface area contributed by atoms with Crippen LogP contribution in [0.1, 0.15) is 57.1 Å². The van der Waals surface area contributed by atoms with Crippen LogP contribution in [0.3, 0.4) is 0 Å². The zero-order valence-corrected chi connectivity index (χ0v) is 12.7. The number of ether oxygens (including phenoxy) is 1. The molecule has 1 aromatic rings. The third kappa shape index (κ3) is 4.14. The van der Waals surface area contributed by atoms with E-state index in [2.05, 4.69) is 12.2 Å². The second-order valence-electron chi connectivity index (χ2n) is 5.89. The van der Waals surface area contributed by atoms with Gasteiger partial charge in [-0.2, -0.15) is 0 Å². The zero-order valence-electron chi connectivity index (χ0n) is 12.7. The lowest BCUT2D eigenvalue weighted by Gasteiger charge is -2.17. The number of phenols is 1. The quantitative estimate of drug-likeness (QED) is 0.740. The molecule has 1 aromatic carbocycles. The second-order valence-corrected chi connectivity index (χ2v) is 5.89. The van der Waals surface area contributed by atoms with Gasteiger partial charge in [-0.3, -0.25) is 0 Å². The van der Waals surface area contributed by atoms with Crippen molar-refractivity contribution in [3.63, 3.8) is 0 Å². The fourth-order valence-electron chi connectivity index (χ4n) is 3.12. The van der Waals surface area contributed by atoms with Crippen LogP contribution in [0.2, 0.25) is 0 Å². The number of hydrogen-bond donors (Lipinski definition) is 2. The maximum Gasteiger partial charge on any atom is 0.120 e. The van der Waals surface area contributed by atoms with Crippen molar-refractivity contribution in [3.05, 3.63) is 23.8 Å². The molecular weight excluding hydrogens is 250 g/mol. The molecule has 0 radical (unpaired) electrons. The van der Waals surface area contributed by atoms with E-state index < -0.39 is 0 Å². The van der Waals surface area contributed by atoms with Gasteiger partial charge in [0.15, 0.2) is 0 Å². The first-order valence-corrected chi connectivity index (χ1v) is 7.81. The van der Waals surface area contributed by atoms with Crippen LogP contribution in [0.25, 0.3) is 0 Å². The van der Waals surface area contributed by atoms with Crippen LogP contribution >= 0.6 is 0 Å². The molecule has 2 N–H and O–H groups in total. The molecule has 1 saturated carbocycles. The first-order valence-electron chi connectivity index (χ1n) is 7.81. The van der Waals surface area contributed by atoms with Crippen molar-refractivity contribution >= 4 is 0 Å². The summed E-state index contributed by atoms with van der Waals surface area (Å²) in [5.74, 6) is 2.08. The molecule has 0 spiro atoms. The van der Waals surface area contributed by atoms with Gasteiger partial charge in [0.25, 0.3) is 0 Å². The molecule has 0 aliphatic heterocycles. The van der Waals surface area contributed by atoms with Crippen molar-refractivity contribution in [3.8, 4) is 11.5 Å². The van der Waals surface area contributed by atoms with Gasteiger partial charge in [0.1, 0.15) is 11.5 Å². The summed E-state index contributed by atoms with van der Waals surface area (Å²) in [6, 6.07) is 5.54. The van der Waals surface area contributed by atoms with Gasteiger partial charge in [-0.05, 0) is 50.4 Å². The fourth-order valence-corrected chi connectivity index (χ4v) is 3.12. The van der Waals surface area contributed by atoms with E-state index in [1.807, 2.05) is 6.07 Å². The van der Waals surface area contributed by atoms with Crippen molar-refractivity contribution in [1.82, 2.24) is 5.32 Å². The first-order chi connectivity index (χ1) is 9.70. The summed E-state index contributed by atoms with van der Waals surface area (Å²) in [6.45, 7) is 3.10. The molecule has 0 bridgehead atoms. The Morgan fingerprint density at radius 3 is 2.80 bits per heavy atom. The van der Waals surface area contributed by atoms with Crippen molar-refractivity contribution < 1.29 is 9.84 Å². The van der Waals surface area contributed by atoms with Crippen LogP contribution in [-0.4, -0.2) is 18.8 Å². The van der Waals surface area contributed by atoms with Gasteiger partial charge < -0.3 is 15.2 Å². The predicted molar refractivity (Wildman–Crippen MR) is 82.3 cm³/mol.